The first kappa shape index (κ1) is 18.1. The van der Waals surface area contributed by atoms with Crippen LogP contribution < -0.4 is 4.72 Å². The van der Waals surface area contributed by atoms with Crippen LogP contribution in [0.25, 0.3) is 0 Å². The largest absolute Gasteiger partial charge is 0.416 e. The number of hydrogen-bond donors (Lipinski definition) is 1. The van der Waals surface area contributed by atoms with Gasteiger partial charge in [-0.15, -0.1) is 0 Å². The molecule has 3 nitrogen and oxygen atoms in total. The molecule has 1 N–H and O–H groups in total. The van der Waals surface area contributed by atoms with Gasteiger partial charge in [-0.1, -0.05) is 12.8 Å². The Balaban J connectivity index is 2.48. The Hall–Kier alpha value is -1.29. The Morgan fingerprint density at radius 1 is 0.870 bits per heavy atom. The quantitative estimate of drug-likeness (QED) is 0.829. The average molecular weight is 361 g/mol. The maximum atomic E-state index is 12.7. The molecule has 0 aromatic heterocycles. The van der Waals surface area contributed by atoms with Crippen molar-refractivity contribution < 1.29 is 34.8 Å². The summed E-state index contributed by atoms with van der Waals surface area (Å²) in [7, 11) is -4.46. The van der Waals surface area contributed by atoms with Crippen molar-refractivity contribution in [2.24, 2.45) is 0 Å². The normalized spacial score (nSPS) is 17.7. The summed E-state index contributed by atoms with van der Waals surface area (Å²) in [6.07, 6.45) is -7.65. The third-order valence-corrected chi connectivity index (χ3v) is 5.05. The van der Waals surface area contributed by atoms with Gasteiger partial charge in [-0.2, -0.15) is 26.3 Å². The Kier molecular flexibility index (Phi) is 4.69. The van der Waals surface area contributed by atoms with E-state index in [1.54, 1.807) is 0 Å². The summed E-state index contributed by atoms with van der Waals surface area (Å²) in [6, 6.07) is -0.142. The van der Waals surface area contributed by atoms with Gasteiger partial charge in [0, 0.05) is 6.04 Å². The first-order chi connectivity index (χ1) is 10.4. The lowest BCUT2D eigenvalue weighted by Gasteiger charge is -2.16. The Morgan fingerprint density at radius 3 is 1.70 bits per heavy atom. The molecule has 130 valence electrons. The van der Waals surface area contributed by atoms with Gasteiger partial charge in [-0.3, -0.25) is 0 Å². The summed E-state index contributed by atoms with van der Waals surface area (Å²) in [6.45, 7) is 0. The number of sulfonamides is 1. The minimum absolute atomic E-state index is 0.103. The molecular formula is C13H13F6NO2S. The minimum atomic E-state index is -5.08. The number of rotatable bonds is 3. The van der Waals surface area contributed by atoms with E-state index in [2.05, 4.69) is 4.72 Å². The molecule has 0 spiro atoms. The number of hydrogen-bond acceptors (Lipinski definition) is 2. The molecule has 23 heavy (non-hydrogen) atoms. The number of halogens is 6. The van der Waals surface area contributed by atoms with E-state index in [1.807, 2.05) is 0 Å². The molecule has 1 aromatic carbocycles. The van der Waals surface area contributed by atoms with Crippen molar-refractivity contribution >= 4 is 10.0 Å². The highest BCUT2D eigenvalue weighted by Gasteiger charge is 2.38. The number of alkyl halides is 6. The van der Waals surface area contributed by atoms with Crippen molar-refractivity contribution in [1.82, 2.24) is 4.72 Å². The average Bonchev–Trinajstić information content (AvgIpc) is 2.88. The SMILES string of the molecule is O=S(=O)(NC1CCCC1)c1cc(C(F)(F)F)cc(C(F)(F)F)c1. The van der Waals surface area contributed by atoms with Crippen LogP contribution in [0.15, 0.2) is 23.1 Å². The van der Waals surface area contributed by atoms with Gasteiger partial charge in [0.2, 0.25) is 10.0 Å². The predicted octanol–water partition coefficient (Wildman–Crippen LogP) is 3.95. The van der Waals surface area contributed by atoms with Crippen LogP contribution in [0.5, 0.6) is 0 Å². The Labute approximate surface area is 128 Å². The van der Waals surface area contributed by atoms with Crippen molar-refractivity contribution in [2.75, 3.05) is 0 Å². The van der Waals surface area contributed by atoms with Gasteiger partial charge in [0.15, 0.2) is 0 Å². The molecule has 2 rings (SSSR count). The highest BCUT2D eigenvalue weighted by atomic mass is 32.2. The van der Waals surface area contributed by atoms with Crippen LogP contribution in [0, 0.1) is 0 Å². The van der Waals surface area contributed by atoms with Crippen molar-refractivity contribution in [2.45, 2.75) is 49.0 Å². The van der Waals surface area contributed by atoms with Crippen LogP contribution in [0.2, 0.25) is 0 Å². The molecule has 1 saturated carbocycles. The second-order valence-electron chi connectivity index (χ2n) is 5.34. The third-order valence-electron chi connectivity index (χ3n) is 3.55. The van der Waals surface area contributed by atoms with E-state index in [0.717, 1.165) is 12.8 Å². The molecule has 1 aliphatic carbocycles. The van der Waals surface area contributed by atoms with Crippen molar-refractivity contribution in [1.29, 1.82) is 0 Å². The van der Waals surface area contributed by atoms with E-state index < -0.39 is 44.4 Å². The monoisotopic (exact) mass is 361 g/mol. The van der Waals surface area contributed by atoms with Gasteiger partial charge in [0.05, 0.1) is 16.0 Å². The number of benzene rings is 1. The Morgan fingerprint density at radius 2 is 1.30 bits per heavy atom. The smallest absolute Gasteiger partial charge is 0.208 e. The summed E-state index contributed by atoms with van der Waals surface area (Å²) in [5.41, 5.74) is -3.31. The first-order valence-electron chi connectivity index (χ1n) is 6.71. The summed E-state index contributed by atoms with van der Waals surface area (Å²) in [5, 5.41) is 0. The molecule has 0 radical (unpaired) electrons. The molecule has 1 fully saturated rings. The van der Waals surface area contributed by atoms with Gasteiger partial charge in [-0.25, -0.2) is 13.1 Å². The molecule has 1 aromatic rings. The molecule has 1 aliphatic rings. The zero-order valence-electron chi connectivity index (χ0n) is 11.6. The third kappa shape index (κ3) is 4.37. The fourth-order valence-corrected chi connectivity index (χ4v) is 3.79. The second-order valence-corrected chi connectivity index (χ2v) is 7.06. The number of nitrogens with one attached hydrogen (secondary N) is 1. The fourth-order valence-electron chi connectivity index (χ4n) is 2.41. The zero-order chi connectivity index (χ0) is 17.5. The standard InChI is InChI=1S/C13H13F6NO2S/c14-12(15,16)8-5-9(13(17,18)19)7-11(6-8)23(21,22)20-10-3-1-2-4-10/h5-7,10,20H,1-4H2. The van der Waals surface area contributed by atoms with E-state index >= 15 is 0 Å². The summed E-state index contributed by atoms with van der Waals surface area (Å²) >= 11 is 0. The lowest BCUT2D eigenvalue weighted by Crippen LogP contribution is -2.33. The second kappa shape index (κ2) is 5.97. The summed E-state index contributed by atoms with van der Waals surface area (Å²) < 4.78 is 103. The van der Waals surface area contributed by atoms with Crippen LogP contribution in [-0.4, -0.2) is 14.5 Å². The van der Waals surface area contributed by atoms with Crippen LogP contribution in [-0.2, 0) is 22.4 Å². The minimum Gasteiger partial charge on any atom is -0.208 e. The van der Waals surface area contributed by atoms with Gasteiger partial charge >= 0.3 is 12.4 Å². The highest BCUT2D eigenvalue weighted by molar-refractivity contribution is 7.89. The fraction of sp³-hybridized carbons (Fsp3) is 0.538. The zero-order valence-corrected chi connectivity index (χ0v) is 12.4. The topological polar surface area (TPSA) is 46.2 Å². The van der Waals surface area contributed by atoms with Crippen molar-refractivity contribution in [3.05, 3.63) is 29.3 Å². The Bertz CT molecular complexity index is 642. The molecular weight excluding hydrogens is 348 g/mol. The molecule has 0 amide bonds. The summed E-state index contributed by atoms with van der Waals surface area (Å²) in [4.78, 5) is -1.04. The molecule has 0 saturated heterocycles. The van der Waals surface area contributed by atoms with E-state index in [-0.39, 0.29) is 18.2 Å². The van der Waals surface area contributed by atoms with Crippen molar-refractivity contribution in [3.8, 4) is 0 Å². The summed E-state index contributed by atoms with van der Waals surface area (Å²) in [5.74, 6) is 0. The molecule has 0 aliphatic heterocycles. The van der Waals surface area contributed by atoms with E-state index in [1.165, 1.54) is 0 Å². The first-order valence-corrected chi connectivity index (χ1v) is 8.20. The lowest BCUT2D eigenvalue weighted by atomic mass is 10.1. The molecule has 0 atom stereocenters. The predicted molar refractivity (Wildman–Crippen MR) is 69.0 cm³/mol. The van der Waals surface area contributed by atoms with Crippen LogP contribution >= 0.6 is 0 Å². The van der Waals surface area contributed by atoms with Gasteiger partial charge in [0.25, 0.3) is 0 Å². The maximum absolute atomic E-state index is 12.7. The van der Waals surface area contributed by atoms with Crippen LogP contribution in [0.3, 0.4) is 0 Å². The van der Waals surface area contributed by atoms with E-state index in [4.69, 9.17) is 0 Å². The molecule has 0 heterocycles. The molecule has 0 unspecified atom stereocenters. The van der Waals surface area contributed by atoms with Crippen LogP contribution in [0.4, 0.5) is 26.3 Å². The van der Waals surface area contributed by atoms with Crippen molar-refractivity contribution in [3.63, 3.8) is 0 Å². The van der Waals surface area contributed by atoms with Gasteiger partial charge < -0.3 is 0 Å². The van der Waals surface area contributed by atoms with E-state index in [9.17, 15) is 34.8 Å². The lowest BCUT2D eigenvalue weighted by molar-refractivity contribution is -0.143. The highest BCUT2D eigenvalue weighted by Crippen LogP contribution is 2.37. The molecule has 0 bridgehead atoms. The van der Waals surface area contributed by atoms with Gasteiger partial charge in [0.1, 0.15) is 0 Å². The van der Waals surface area contributed by atoms with E-state index in [0.29, 0.717) is 12.8 Å². The molecule has 10 heteroatoms. The van der Waals surface area contributed by atoms with Gasteiger partial charge in [-0.05, 0) is 31.0 Å². The maximum Gasteiger partial charge on any atom is 0.416 e. The van der Waals surface area contributed by atoms with Crippen LogP contribution in [0.1, 0.15) is 36.8 Å².